The number of amidine groups is 2. The number of H-pyrrole nitrogens is 1. The van der Waals surface area contributed by atoms with Crippen molar-refractivity contribution < 1.29 is 0 Å². The van der Waals surface area contributed by atoms with Gasteiger partial charge in [-0.15, -0.1) is 11.8 Å². The van der Waals surface area contributed by atoms with Gasteiger partial charge in [-0.2, -0.15) is 0 Å². The first-order valence-electron chi connectivity index (χ1n) is 6.84. The minimum atomic E-state index is 0.365. The quantitative estimate of drug-likeness (QED) is 0.795. The summed E-state index contributed by atoms with van der Waals surface area (Å²) in [6, 6.07) is 0. The summed E-state index contributed by atoms with van der Waals surface area (Å²) in [5.74, 6) is 1.03. The lowest BCUT2D eigenvalue weighted by atomic mass is 9.99. The van der Waals surface area contributed by atoms with Crippen molar-refractivity contribution >= 4 is 29.0 Å². The van der Waals surface area contributed by atoms with E-state index in [9.17, 15) is 0 Å². The van der Waals surface area contributed by atoms with Gasteiger partial charge in [0, 0.05) is 23.4 Å². The van der Waals surface area contributed by atoms with Crippen LogP contribution in [0.1, 0.15) is 19.5 Å². The third-order valence-electron chi connectivity index (χ3n) is 3.31. The average Bonchev–Trinajstić information content (AvgIpc) is 3.01. The zero-order valence-electron chi connectivity index (χ0n) is 13.0. The molecule has 6 nitrogen and oxygen atoms in total. The van der Waals surface area contributed by atoms with E-state index in [1.165, 1.54) is 11.8 Å². The number of hydrogen-bond donors (Lipinski definition) is 3. The zero-order chi connectivity index (χ0) is 16.3. The van der Waals surface area contributed by atoms with E-state index in [1.807, 2.05) is 31.1 Å². The minimum Gasteiger partial charge on any atom is -0.402 e. The normalized spacial score (nSPS) is 19.4. The van der Waals surface area contributed by atoms with E-state index in [0.29, 0.717) is 28.9 Å². The van der Waals surface area contributed by atoms with E-state index >= 15 is 0 Å². The van der Waals surface area contributed by atoms with Gasteiger partial charge in [-0.05, 0) is 26.2 Å². The molecule has 0 atom stereocenters. The second-order valence-corrected chi connectivity index (χ2v) is 5.63. The lowest BCUT2D eigenvalue weighted by Crippen LogP contribution is -2.41. The first kappa shape index (κ1) is 16.1. The third-order valence-corrected chi connectivity index (χ3v) is 3.87. The SMILES string of the molecule is C=C(/N=C1\C(=C(\C)N)C=C(c2cnc[nH]2)C(=N)N1CC)SC. The Morgan fingerprint density at radius 3 is 2.82 bits per heavy atom. The number of allylic oxidation sites excluding steroid dienone is 1. The molecule has 0 spiro atoms. The highest BCUT2D eigenvalue weighted by molar-refractivity contribution is 8.02. The van der Waals surface area contributed by atoms with Gasteiger partial charge in [0.1, 0.15) is 11.7 Å². The maximum atomic E-state index is 8.47. The Labute approximate surface area is 134 Å². The fourth-order valence-electron chi connectivity index (χ4n) is 2.16. The molecule has 4 N–H and O–H groups in total. The van der Waals surface area contributed by atoms with Gasteiger partial charge in [0.2, 0.25) is 0 Å². The summed E-state index contributed by atoms with van der Waals surface area (Å²) in [5, 5.41) is 9.15. The van der Waals surface area contributed by atoms with Crippen molar-refractivity contribution in [1.29, 1.82) is 5.41 Å². The molecule has 0 fully saturated rings. The Balaban J connectivity index is 2.63. The Kier molecular flexibility index (Phi) is 4.87. The number of imidazole rings is 1. The summed E-state index contributed by atoms with van der Waals surface area (Å²) < 4.78 is 0. The Hall–Kier alpha value is -2.28. The van der Waals surface area contributed by atoms with Crippen molar-refractivity contribution in [3.05, 3.63) is 47.2 Å². The molecule has 0 aliphatic carbocycles. The number of nitrogens with zero attached hydrogens (tertiary/aromatic N) is 3. The Morgan fingerprint density at radius 2 is 2.32 bits per heavy atom. The van der Waals surface area contributed by atoms with Crippen molar-refractivity contribution in [3.63, 3.8) is 0 Å². The predicted molar refractivity (Wildman–Crippen MR) is 93.6 cm³/mol. The smallest absolute Gasteiger partial charge is 0.144 e. The monoisotopic (exact) mass is 316 g/mol. The van der Waals surface area contributed by atoms with Crippen molar-refractivity contribution in [2.24, 2.45) is 10.7 Å². The molecule has 1 aromatic rings. The standard InChI is InChI=1S/C15H20N6S/c1-5-21-14(17)12(13-7-18-8-19-13)6-11(9(2)16)15(21)20-10(3)22-4/h6-8,17H,3,5,16H2,1-2,4H3,(H,18,19)/b11-9-,17-14?,20-15+. The number of hydrogen-bond acceptors (Lipinski definition) is 5. The van der Waals surface area contributed by atoms with E-state index in [1.54, 1.807) is 12.5 Å². The van der Waals surface area contributed by atoms with Gasteiger partial charge in [-0.25, -0.2) is 9.98 Å². The number of nitrogens with two attached hydrogens (primary N) is 1. The number of aliphatic imine (C=N–C) groups is 1. The van der Waals surface area contributed by atoms with Crippen LogP contribution in [0.15, 0.2) is 46.5 Å². The number of thioether (sulfide) groups is 1. The van der Waals surface area contributed by atoms with Gasteiger partial charge in [0.15, 0.2) is 0 Å². The number of nitrogens with one attached hydrogen (secondary N) is 2. The van der Waals surface area contributed by atoms with Crippen molar-refractivity contribution in [2.45, 2.75) is 13.8 Å². The van der Waals surface area contributed by atoms with Gasteiger partial charge in [0.25, 0.3) is 0 Å². The number of aromatic amines is 1. The summed E-state index contributed by atoms with van der Waals surface area (Å²) >= 11 is 1.47. The molecular formula is C15H20N6S. The molecule has 1 aliphatic rings. The zero-order valence-corrected chi connectivity index (χ0v) is 13.8. The third kappa shape index (κ3) is 2.99. The number of rotatable bonds is 4. The highest BCUT2D eigenvalue weighted by atomic mass is 32.2. The van der Waals surface area contributed by atoms with Gasteiger partial charge < -0.3 is 15.6 Å². The molecule has 116 valence electrons. The summed E-state index contributed by atoms with van der Waals surface area (Å²) in [4.78, 5) is 13.4. The maximum absolute atomic E-state index is 8.47. The molecule has 1 aliphatic heterocycles. The molecule has 0 saturated heterocycles. The van der Waals surface area contributed by atoms with Crippen molar-refractivity contribution in [1.82, 2.24) is 14.9 Å². The van der Waals surface area contributed by atoms with Gasteiger partial charge in [-0.3, -0.25) is 5.41 Å². The largest absolute Gasteiger partial charge is 0.402 e. The van der Waals surface area contributed by atoms with Crippen LogP contribution in [0.25, 0.3) is 5.57 Å². The molecule has 1 aromatic heterocycles. The van der Waals surface area contributed by atoms with Gasteiger partial charge in [0.05, 0.1) is 23.2 Å². The number of aromatic nitrogens is 2. The minimum absolute atomic E-state index is 0.365. The fraction of sp³-hybridized carbons (Fsp3) is 0.267. The van der Waals surface area contributed by atoms with Gasteiger partial charge in [-0.1, -0.05) is 6.58 Å². The van der Waals surface area contributed by atoms with Crippen LogP contribution >= 0.6 is 11.8 Å². The first-order chi connectivity index (χ1) is 10.5. The van der Waals surface area contributed by atoms with E-state index in [2.05, 4.69) is 21.5 Å². The molecule has 0 saturated carbocycles. The molecule has 22 heavy (non-hydrogen) atoms. The summed E-state index contributed by atoms with van der Waals surface area (Å²) in [6.07, 6.45) is 7.09. The molecule has 0 unspecified atom stereocenters. The Bertz CT molecular complexity index is 677. The predicted octanol–water partition coefficient (Wildman–Crippen LogP) is 2.57. The molecule has 2 heterocycles. The van der Waals surface area contributed by atoms with Crippen LogP contribution in [-0.4, -0.2) is 39.3 Å². The average molecular weight is 316 g/mol. The van der Waals surface area contributed by atoms with E-state index in [-0.39, 0.29) is 0 Å². The molecule has 7 heteroatoms. The molecular weight excluding hydrogens is 296 g/mol. The topological polar surface area (TPSA) is 94.1 Å². The van der Waals surface area contributed by atoms with Crippen LogP contribution < -0.4 is 5.73 Å². The highest BCUT2D eigenvalue weighted by Gasteiger charge is 2.28. The highest BCUT2D eigenvalue weighted by Crippen LogP contribution is 2.27. The van der Waals surface area contributed by atoms with Crippen LogP contribution in [0.5, 0.6) is 0 Å². The molecule has 0 aromatic carbocycles. The van der Waals surface area contributed by atoms with E-state index in [4.69, 9.17) is 11.1 Å². The molecule has 0 bridgehead atoms. The van der Waals surface area contributed by atoms with Crippen LogP contribution in [0.3, 0.4) is 0 Å². The van der Waals surface area contributed by atoms with Gasteiger partial charge >= 0.3 is 0 Å². The van der Waals surface area contributed by atoms with Crippen LogP contribution in [-0.2, 0) is 0 Å². The van der Waals surface area contributed by atoms with E-state index in [0.717, 1.165) is 16.8 Å². The van der Waals surface area contributed by atoms with Crippen LogP contribution in [0.4, 0.5) is 0 Å². The van der Waals surface area contributed by atoms with E-state index < -0.39 is 0 Å². The molecule has 2 rings (SSSR count). The lowest BCUT2D eigenvalue weighted by Gasteiger charge is -2.31. The summed E-state index contributed by atoms with van der Waals surface area (Å²) in [6.45, 7) is 8.32. The summed E-state index contributed by atoms with van der Waals surface area (Å²) in [5.41, 5.74) is 9.03. The maximum Gasteiger partial charge on any atom is 0.144 e. The summed E-state index contributed by atoms with van der Waals surface area (Å²) in [7, 11) is 0. The second-order valence-electron chi connectivity index (χ2n) is 4.75. The number of likely N-dealkylation sites (N-methyl/N-ethyl adjacent to an activating group) is 1. The first-order valence-corrected chi connectivity index (χ1v) is 8.07. The van der Waals surface area contributed by atoms with Crippen molar-refractivity contribution in [2.75, 3.05) is 12.8 Å². The Morgan fingerprint density at radius 1 is 1.59 bits per heavy atom. The van der Waals surface area contributed by atoms with Crippen molar-refractivity contribution in [3.8, 4) is 0 Å². The lowest BCUT2D eigenvalue weighted by molar-refractivity contribution is 0.640. The second kappa shape index (κ2) is 6.65. The molecule has 0 radical (unpaired) electrons. The van der Waals surface area contributed by atoms with Crippen LogP contribution in [0.2, 0.25) is 0 Å². The van der Waals surface area contributed by atoms with Crippen LogP contribution in [0, 0.1) is 5.41 Å². The molecule has 0 amide bonds. The fourth-order valence-corrected chi connectivity index (χ4v) is 2.34.